The number of rotatable bonds is 4. The molecule has 4 nitrogen and oxygen atoms in total. The van der Waals surface area contributed by atoms with Gasteiger partial charge in [-0.2, -0.15) is 0 Å². The minimum Gasteiger partial charge on any atom is -0.497 e. The van der Waals surface area contributed by atoms with E-state index in [-0.39, 0.29) is 6.23 Å². The van der Waals surface area contributed by atoms with Crippen molar-refractivity contribution in [3.05, 3.63) is 95.6 Å². The molecular weight excluding hydrogens is 374 g/mol. The molecule has 0 fully saturated rings. The maximum Gasteiger partial charge on any atom is 0.234 e. The Hall–Kier alpha value is -3.26. The number of hydrogen-bond donors (Lipinski definition) is 0. The maximum absolute atomic E-state index is 6.22. The van der Waals surface area contributed by atoms with Crippen LogP contribution in [-0.4, -0.2) is 27.6 Å². The summed E-state index contributed by atoms with van der Waals surface area (Å²) in [7, 11) is 5.08. The number of fused-ring (bicyclic) bond motifs is 1. The van der Waals surface area contributed by atoms with Crippen molar-refractivity contribution in [2.24, 2.45) is 0 Å². The van der Waals surface area contributed by atoms with Gasteiger partial charge >= 0.3 is 0 Å². The van der Waals surface area contributed by atoms with Crippen LogP contribution in [0.25, 0.3) is 0 Å². The molecule has 1 aliphatic rings. The third-order valence-electron chi connectivity index (χ3n) is 5.47. The van der Waals surface area contributed by atoms with Gasteiger partial charge in [-0.15, -0.1) is 0 Å². The monoisotopic (exact) mass is 399 g/mol. The van der Waals surface area contributed by atoms with Crippen LogP contribution in [0.2, 0.25) is 0 Å². The van der Waals surface area contributed by atoms with Gasteiger partial charge in [-0.05, 0) is 47.9 Å². The Morgan fingerprint density at radius 2 is 1.57 bits per heavy atom. The summed E-state index contributed by atoms with van der Waals surface area (Å²) in [6, 6.07) is 26.1. The zero-order valence-electron chi connectivity index (χ0n) is 17.5. The minimum atomic E-state index is -0.989. The van der Waals surface area contributed by atoms with Crippen LogP contribution in [0, 0.1) is 11.8 Å². The predicted octanol–water partition coefficient (Wildman–Crippen LogP) is 4.58. The number of para-hydroxylation sites is 1. The molecule has 3 aromatic carbocycles. The van der Waals surface area contributed by atoms with E-state index in [0.29, 0.717) is 0 Å². The molecule has 1 aliphatic heterocycles. The molecule has 4 rings (SSSR count). The fourth-order valence-corrected chi connectivity index (χ4v) is 3.98. The standard InChI is InChI=1S/C26H25NO3/c1-28-23-15-13-20(14-16-23)17-18-26(30-3)24-12-8-7-9-21(24)19-25(29-2)27(26)22-10-5-4-6-11-22/h4-16,25H,19H2,1-3H3. The highest BCUT2D eigenvalue weighted by molar-refractivity contribution is 5.59. The van der Waals surface area contributed by atoms with Gasteiger partial charge < -0.3 is 19.1 Å². The van der Waals surface area contributed by atoms with E-state index in [9.17, 15) is 0 Å². The lowest BCUT2D eigenvalue weighted by atomic mass is 9.87. The molecule has 2 atom stereocenters. The Labute approximate surface area is 178 Å². The predicted molar refractivity (Wildman–Crippen MR) is 118 cm³/mol. The number of benzene rings is 3. The van der Waals surface area contributed by atoms with Crippen molar-refractivity contribution in [1.82, 2.24) is 0 Å². The summed E-state index contributed by atoms with van der Waals surface area (Å²) >= 11 is 0. The van der Waals surface area contributed by atoms with Crippen LogP contribution in [-0.2, 0) is 21.6 Å². The van der Waals surface area contributed by atoms with Gasteiger partial charge in [-0.3, -0.25) is 0 Å². The van der Waals surface area contributed by atoms with Crippen LogP contribution in [0.1, 0.15) is 16.7 Å². The summed E-state index contributed by atoms with van der Waals surface area (Å²) in [5.41, 5.74) is 3.09. The molecule has 0 aromatic heterocycles. The Bertz CT molecular complexity index is 1050. The van der Waals surface area contributed by atoms with Crippen LogP contribution < -0.4 is 9.64 Å². The van der Waals surface area contributed by atoms with Gasteiger partial charge in [0.05, 0.1) is 7.11 Å². The summed E-state index contributed by atoms with van der Waals surface area (Å²) in [5.74, 6) is 7.56. The van der Waals surface area contributed by atoms with Gasteiger partial charge in [0.15, 0.2) is 0 Å². The van der Waals surface area contributed by atoms with Gasteiger partial charge in [0.1, 0.15) is 12.0 Å². The van der Waals surface area contributed by atoms with E-state index in [4.69, 9.17) is 14.2 Å². The first kappa shape index (κ1) is 20.0. The quantitative estimate of drug-likeness (QED) is 0.601. The zero-order valence-corrected chi connectivity index (χ0v) is 17.5. The van der Waals surface area contributed by atoms with Crippen LogP contribution in [0.3, 0.4) is 0 Å². The van der Waals surface area contributed by atoms with Crippen LogP contribution >= 0.6 is 0 Å². The molecule has 1 heterocycles. The lowest BCUT2D eigenvalue weighted by Crippen LogP contribution is -2.57. The highest BCUT2D eigenvalue weighted by Gasteiger charge is 2.47. The van der Waals surface area contributed by atoms with Crippen LogP contribution in [0.4, 0.5) is 5.69 Å². The van der Waals surface area contributed by atoms with E-state index >= 15 is 0 Å². The Morgan fingerprint density at radius 3 is 2.23 bits per heavy atom. The average molecular weight is 399 g/mol. The first-order chi connectivity index (χ1) is 14.7. The smallest absolute Gasteiger partial charge is 0.234 e. The number of anilines is 1. The SMILES string of the molecule is COc1ccc(C#CC2(OC)c3ccccc3CC(OC)N2c2ccccc2)cc1. The van der Waals surface area contributed by atoms with Crippen LogP contribution in [0.5, 0.6) is 5.75 Å². The van der Waals surface area contributed by atoms with Gasteiger partial charge in [0.25, 0.3) is 0 Å². The lowest BCUT2D eigenvalue weighted by molar-refractivity contribution is -0.0273. The maximum atomic E-state index is 6.22. The van der Waals surface area contributed by atoms with Crippen LogP contribution in [0.15, 0.2) is 78.9 Å². The number of hydrogen-bond acceptors (Lipinski definition) is 4. The zero-order chi connectivity index (χ0) is 21.0. The Balaban J connectivity index is 1.90. The summed E-state index contributed by atoms with van der Waals surface area (Å²) < 4.78 is 17.4. The van der Waals surface area contributed by atoms with E-state index < -0.39 is 5.72 Å². The van der Waals surface area contributed by atoms with E-state index in [1.54, 1.807) is 21.3 Å². The molecule has 0 N–H and O–H groups in total. The summed E-state index contributed by atoms with van der Waals surface area (Å²) in [5, 5.41) is 0. The highest BCUT2D eigenvalue weighted by Crippen LogP contribution is 2.42. The molecular formula is C26H25NO3. The molecule has 0 spiro atoms. The molecule has 0 amide bonds. The van der Waals surface area contributed by atoms with Crippen molar-refractivity contribution < 1.29 is 14.2 Å². The number of nitrogens with zero attached hydrogens (tertiary/aromatic N) is 1. The topological polar surface area (TPSA) is 30.9 Å². The second kappa shape index (κ2) is 8.62. The molecule has 0 aliphatic carbocycles. The summed E-state index contributed by atoms with van der Waals surface area (Å²) in [6.45, 7) is 0. The normalized spacial score (nSPS) is 20.1. The first-order valence-corrected chi connectivity index (χ1v) is 9.90. The molecule has 3 aromatic rings. The third-order valence-corrected chi connectivity index (χ3v) is 5.47. The molecule has 152 valence electrons. The van der Waals surface area contributed by atoms with Gasteiger partial charge in [-0.1, -0.05) is 48.4 Å². The van der Waals surface area contributed by atoms with Crippen molar-refractivity contribution in [2.45, 2.75) is 18.4 Å². The molecule has 0 saturated heterocycles. The van der Waals surface area contributed by atoms with E-state index in [1.807, 2.05) is 54.6 Å². The van der Waals surface area contributed by atoms with E-state index in [0.717, 1.165) is 29.0 Å². The molecule has 0 saturated carbocycles. The van der Waals surface area contributed by atoms with Crippen molar-refractivity contribution in [3.63, 3.8) is 0 Å². The van der Waals surface area contributed by atoms with Crippen molar-refractivity contribution in [3.8, 4) is 17.6 Å². The molecule has 0 radical (unpaired) electrons. The molecule has 30 heavy (non-hydrogen) atoms. The highest BCUT2D eigenvalue weighted by atomic mass is 16.5. The Morgan fingerprint density at radius 1 is 0.867 bits per heavy atom. The van der Waals surface area contributed by atoms with Crippen molar-refractivity contribution in [2.75, 3.05) is 26.2 Å². The van der Waals surface area contributed by atoms with E-state index in [1.165, 1.54) is 5.56 Å². The van der Waals surface area contributed by atoms with Gasteiger partial charge in [0.2, 0.25) is 5.72 Å². The second-order valence-corrected chi connectivity index (χ2v) is 7.08. The number of ether oxygens (including phenoxy) is 3. The molecule has 2 unspecified atom stereocenters. The second-order valence-electron chi connectivity index (χ2n) is 7.08. The van der Waals surface area contributed by atoms with E-state index in [2.05, 4.69) is 41.0 Å². The molecule has 0 bridgehead atoms. The largest absolute Gasteiger partial charge is 0.497 e. The lowest BCUT2D eigenvalue weighted by Gasteiger charge is -2.48. The third kappa shape index (κ3) is 3.54. The first-order valence-electron chi connectivity index (χ1n) is 9.90. The van der Waals surface area contributed by atoms with Crippen molar-refractivity contribution in [1.29, 1.82) is 0 Å². The van der Waals surface area contributed by atoms with Crippen molar-refractivity contribution >= 4 is 5.69 Å². The average Bonchev–Trinajstić information content (AvgIpc) is 2.82. The summed E-state index contributed by atoms with van der Waals surface area (Å²) in [4.78, 5) is 2.13. The minimum absolute atomic E-state index is 0.215. The fourth-order valence-electron chi connectivity index (χ4n) is 3.98. The van der Waals surface area contributed by atoms with Gasteiger partial charge in [0, 0.05) is 37.5 Å². The molecule has 4 heteroatoms. The summed E-state index contributed by atoms with van der Waals surface area (Å²) in [6.07, 6.45) is 0.532. The fraction of sp³-hybridized carbons (Fsp3) is 0.231. The Kier molecular flexibility index (Phi) is 5.76. The van der Waals surface area contributed by atoms with Gasteiger partial charge in [-0.25, -0.2) is 0 Å². The number of methoxy groups -OCH3 is 3.